The highest BCUT2D eigenvalue weighted by Crippen LogP contribution is 2.38. The lowest BCUT2D eigenvalue weighted by atomic mass is 10.1. The summed E-state index contributed by atoms with van der Waals surface area (Å²) in [5.74, 6) is -0.165. The van der Waals surface area contributed by atoms with Crippen LogP contribution in [-0.2, 0) is 14.4 Å². The number of fused-ring (bicyclic) bond motifs is 1. The molecule has 3 aromatic carbocycles. The fraction of sp³-hybridized carbons (Fsp3) is 0.276. The molecule has 1 saturated carbocycles. The second kappa shape index (κ2) is 10.2. The number of hydrogen-bond donors (Lipinski definition) is 0. The molecule has 7 heteroatoms. The Morgan fingerprint density at radius 2 is 1.50 bits per heavy atom. The summed E-state index contributed by atoms with van der Waals surface area (Å²) in [6.07, 6.45) is 3.65. The van der Waals surface area contributed by atoms with E-state index in [2.05, 4.69) is 0 Å². The summed E-state index contributed by atoms with van der Waals surface area (Å²) < 4.78 is 5.29. The molecule has 0 bridgehead atoms. The number of benzene rings is 3. The van der Waals surface area contributed by atoms with E-state index in [0.717, 1.165) is 31.4 Å². The molecule has 0 aromatic heterocycles. The number of carbonyl (C=O) groups excluding carboxylic acids is 3. The summed E-state index contributed by atoms with van der Waals surface area (Å²) in [5, 5.41) is 0. The van der Waals surface area contributed by atoms with Gasteiger partial charge >= 0.3 is 0 Å². The van der Waals surface area contributed by atoms with E-state index in [1.54, 1.807) is 18.1 Å². The lowest BCUT2D eigenvalue weighted by Crippen LogP contribution is -2.47. The molecule has 3 aromatic rings. The van der Waals surface area contributed by atoms with Crippen molar-refractivity contribution in [3.63, 3.8) is 0 Å². The minimum Gasteiger partial charge on any atom is -0.497 e. The van der Waals surface area contributed by atoms with Gasteiger partial charge in [0.1, 0.15) is 18.7 Å². The van der Waals surface area contributed by atoms with E-state index in [9.17, 15) is 14.4 Å². The summed E-state index contributed by atoms with van der Waals surface area (Å²) >= 11 is 0. The van der Waals surface area contributed by atoms with Gasteiger partial charge in [0, 0.05) is 17.4 Å². The number of anilines is 4. The van der Waals surface area contributed by atoms with Gasteiger partial charge < -0.3 is 14.5 Å². The van der Waals surface area contributed by atoms with Crippen molar-refractivity contribution < 1.29 is 19.1 Å². The van der Waals surface area contributed by atoms with Crippen LogP contribution >= 0.6 is 0 Å². The molecule has 0 unspecified atom stereocenters. The van der Waals surface area contributed by atoms with Crippen LogP contribution in [0.3, 0.4) is 0 Å². The van der Waals surface area contributed by atoms with Crippen LogP contribution in [0.1, 0.15) is 32.1 Å². The maximum atomic E-state index is 13.9. The Morgan fingerprint density at radius 3 is 2.17 bits per heavy atom. The van der Waals surface area contributed by atoms with Gasteiger partial charge in [-0.2, -0.15) is 0 Å². The number of rotatable bonds is 6. The first-order valence-electron chi connectivity index (χ1n) is 12.3. The van der Waals surface area contributed by atoms with Crippen LogP contribution < -0.4 is 19.4 Å². The number of para-hydroxylation sites is 3. The fourth-order valence-corrected chi connectivity index (χ4v) is 5.16. The quantitative estimate of drug-likeness (QED) is 0.459. The second-order valence-corrected chi connectivity index (χ2v) is 9.11. The van der Waals surface area contributed by atoms with Crippen molar-refractivity contribution >= 4 is 40.5 Å². The predicted octanol–water partition coefficient (Wildman–Crippen LogP) is 5.07. The van der Waals surface area contributed by atoms with E-state index in [4.69, 9.17) is 4.74 Å². The molecule has 2 aliphatic rings. The molecule has 36 heavy (non-hydrogen) atoms. The van der Waals surface area contributed by atoms with Crippen molar-refractivity contribution in [2.24, 2.45) is 0 Å². The minimum atomic E-state index is -0.389. The van der Waals surface area contributed by atoms with Crippen LogP contribution in [0, 0.1) is 0 Å². The number of amides is 3. The van der Waals surface area contributed by atoms with E-state index in [0.29, 0.717) is 22.8 Å². The Labute approximate surface area is 210 Å². The van der Waals surface area contributed by atoms with Gasteiger partial charge in [0.05, 0.1) is 18.5 Å². The summed E-state index contributed by atoms with van der Waals surface area (Å²) in [5.41, 5.74) is 2.60. The molecule has 1 aliphatic heterocycles. The number of methoxy groups -OCH3 is 1. The third-order valence-electron chi connectivity index (χ3n) is 6.88. The molecule has 3 amide bonds. The van der Waals surface area contributed by atoms with Crippen LogP contribution in [0.25, 0.3) is 0 Å². The topological polar surface area (TPSA) is 70.2 Å². The second-order valence-electron chi connectivity index (χ2n) is 9.11. The minimum absolute atomic E-state index is 0.0747. The highest BCUT2D eigenvalue weighted by Gasteiger charge is 2.36. The number of hydrogen-bond acceptors (Lipinski definition) is 4. The van der Waals surface area contributed by atoms with Crippen LogP contribution in [-0.4, -0.2) is 37.4 Å². The average Bonchev–Trinajstić information content (AvgIpc) is 3.40. The van der Waals surface area contributed by atoms with E-state index >= 15 is 0 Å². The molecule has 0 atom stereocenters. The highest BCUT2D eigenvalue weighted by molar-refractivity contribution is 6.19. The van der Waals surface area contributed by atoms with Gasteiger partial charge in [-0.15, -0.1) is 0 Å². The Morgan fingerprint density at radius 1 is 0.861 bits per heavy atom. The van der Waals surface area contributed by atoms with Gasteiger partial charge in [0.15, 0.2) is 0 Å². The first-order valence-corrected chi connectivity index (χ1v) is 12.3. The van der Waals surface area contributed by atoms with E-state index < -0.39 is 0 Å². The van der Waals surface area contributed by atoms with Crippen LogP contribution in [0.5, 0.6) is 5.75 Å². The van der Waals surface area contributed by atoms with Gasteiger partial charge in [-0.25, -0.2) is 0 Å². The van der Waals surface area contributed by atoms with Crippen LogP contribution in [0.15, 0.2) is 78.9 Å². The van der Waals surface area contributed by atoms with E-state index in [1.165, 1.54) is 4.90 Å². The van der Waals surface area contributed by atoms with Gasteiger partial charge in [-0.1, -0.05) is 43.2 Å². The number of ether oxygens (including phenoxy) is 1. The first kappa shape index (κ1) is 23.6. The molecule has 184 valence electrons. The predicted molar refractivity (Wildman–Crippen MR) is 140 cm³/mol. The average molecular weight is 484 g/mol. The van der Waals surface area contributed by atoms with Crippen LogP contribution in [0.4, 0.5) is 22.7 Å². The van der Waals surface area contributed by atoms with Crippen molar-refractivity contribution in [3.8, 4) is 5.75 Å². The first-order chi connectivity index (χ1) is 17.6. The van der Waals surface area contributed by atoms with Crippen molar-refractivity contribution in [2.45, 2.75) is 38.1 Å². The zero-order valence-electron chi connectivity index (χ0n) is 20.3. The third-order valence-corrected chi connectivity index (χ3v) is 6.88. The van der Waals surface area contributed by atoms with Crippen molar-refractivity contribution in [2.75, 3.05) is 28.4 Å². The monoisotopic (exact) mass is 483 g/mol. The molecule has 0 saturated heterocycles. The summed E-state index contributed by atoms with van der Waals surface area (Å²) in [6.45, 7) is -0.145. The third kappa shape index (κ3) is 4.56. The Balaban J connectivity index is 1.50. The molecule has 0 spiro atoms. The lowest BCUT2D eigenvalue weighted by molar-refractivity contribution is -0.127. The Kier molecular flexibility index (Phi) is 6.71. The molecule has 1 fully saturated rings. The zero-order chi connectivity index (χ0) is 25.1. The maximum Gasteiger partial charge on any atom is 0.247 e. The number of carbonyl (C=O) groups is 3. The van der Waals surface area contributed by atoms with Crippen molar-refractivity contribution in [1.82, 2.24) is 0 Å². The normalized spacial score (nSPS) is 16.0. The largest absolute Gasteiger partial charge is 0.497 e. The highest BCUT2D eigenvalue weighted by atomic mass is 16.5. The van der Waals surface area contributed by atoms with Crippen LogP contribution in [0.2, 0.25) is 0 Å². The molecule has 0 radical (unpaired) electrons. The standard InChI is InChI=1S/C29H29N3O4/c1-36-24-17-15-23(16-18-24)31(21-11-5-6-12-21)29(35)20-30-25-13-7-8-14-26(25)32(28(34)19-27(30)33)22-9-3-2-4-10-22/h2-4,7-10,13-18,21H,5-6,11-12,19-20H2,1H3. The van der Waals surface area contributed by atoms with Gasteiger partial charge in [-0.05, 0) is 61.4 Å². The SMILES string of the molecule is COc1ccc(N(C(=O)CN2C(=O)CC(=O)N(c3ccccc3)c3ccccc32)C2CCCC2)cc1. The Hall–Kier alpha value is -4.13. The molecule has 1 aliphatic carbocycles. The summed E-state index contributed by atoms with van der Waals surface area (Å²) in [6, 6.07) is 24.0. The molecular weight excluding hydrogens is 454 g/mol. The molecular formula is C29H29N3O4. The molecule has 1 heterocycles. The smallest absolute Gasteiger partial charge is 0.247 e. The Bertz CT molecular complexity index is 1250. The molecule has 7 nitrogen and oxygen atoms in total. The van der Waals surface area contributed by atoms with Crippen molar-refractivity contribution in [1.29, 1.82) is 0 Å². The van der Waals surface area contributed by atoms with Crippen molar-refractivity contribution in [3.05, 3.63) is 78.9 Å². The number of nitrogens with zero attached hydrogens (tertiary/aromatic N) is 3. The summed E-state index contributed by atoms with van der Waals surface area (Å²) in [7, 11) is 1.61. The zero-order valence-corrected chi connectivity index (χ0v) is 20.3. The van der Waals surface area contributed by atoms with Gasteiger partial charge in [0.2, 0.25) is 17.7 Å². The van der Waals surface area contributed by atoms with Gasteiger partial charge in [-0.3, -0.25) is 19.3 Å². The fourth-order valence-electron chi connectivity index (χ4n) is 5.16. The molecule has 5 rings (SSSR count). The lowest BCUT2D eigenvalue weighted by Gasteiger charge is -2.32. The maximum absolute atomic E-state index is 13.9. The molecule has 0 N–H and O–H groups in total. The summed E-state index contributed by atoms with van der Waals surface area (Å²) in [4.78, 5) is 45.3. The van der Waals surface area contributed by atoms with E-state index in [-0.39, 0.29) is 36.7 Å². The van der Waals surface area contributed by atoms with Gasteiger partial charge in [0.25, 0.3) is 0 Å². The van der Waals surface area contributed by atoms with E-state index in [1.807, 2.05) is 77.7 Å².